The molecule has 32 heavy (non-hydrogen) atoms. The van der Waals surface area contributed by atoms with Crippen molar-refractivity contribution >= 4 is 27.7 Å². The van der Waals surface area contributed by atoms with Crippen LogP contribution < -0.4 is 5.32 Å². The highest BCUT2D eigenvalue weighted by Crippen LogP contribution is 2.19. The zero-order valence-electron chi connectivity index (χ0n) is 17.9. The van der Waals surface area contributed by atoms with Crippen LogP contribution in [0.1, 0.15) is 23.6 Å². The minimum atomic E-state index is -0.677. The Morgan fingerprint density at radius 2 is 1.62 bits per heavy atom. The number of amides is 2. The fraction of sp³-hybridized carbons (Fsp3) is 0.231. The molecule has 0 fully saturated rings. The number of halogens is 2. The Bertz CT molecular complexity index is 1040. The molecule has 0 unspecified atom stereocenters. The number of carbonyl (C=O) groups is 2. The Hall–Kier alpha value is -2.99. The van der Waals surface area contributed by atoms with Gasteiger partial charge in [-0.3, -0.25) is 9.59 Å². The minimum Gasteiger partial charge on any atom is -0.355 e. The summed E-state index contributed by atoms with van der Waals surface area (Å²) >= 11 is 3.48. The van der Waals surface area contributed by atoms with Crippen molar-refractivity contribution in [3.05, 3.63) is 106 Å². The summed E-state index contributed by atoms with van der Waals surface area (Å²) in [5, 5.41) is 2.88. The summed E-state index contributed by atoms with van der Waals surface area (Å²) in [6, 6.07) is 22.6. The van der Waals surface area contributed by atoms with Crippen LogP contribution in [-0.4, -0.2) is 29.3 Å². The molecule has 2 amide bonds. The van der Waals surface area contributed by atoms with Crippen LogP contribution >= 0.6 is 15.9 Å². The standard InChI is InChI=1S/C26H26BrFN2O2/c1-2-29-26(32)24(16-19-7-4-3-5-8-19)30(18-21-9-6-10-22(27)15-21)25(31)17-20-11-13-23(28)14-12-20/h3-15,24H,2,16-18H2,1H3,(H,29,32)/t24-/m1/s1. The van der Waals surface area contributed by atoms with Crippen molar-refractivity contribution in [3.63, 3.8) is 0 Å². The Morgan fingerprint density at radius 3 is 2.28 bits per heavy atom. The number of likely N-dealkylation sites (N-methyl/N-ethyl adjacent to an activating group) is 1. The maximum absolute atomic E-state index is 13.5. The molecule has 4 nitrogen and oxygen atoms in total. The highest BCUT2D eigenvalue weighted by Gasteiger charge is 2.30. The second kappa shape index (κ2) is 11.6. The fourth-order valence-electron chi connectivity index (χ4n) is 3.56. The molecular formula is C26H26BrFN2O2. The Kier molecular flexibility index (Phi) is 8.56. The fourth-order valence-corrected chi connectivity index (χ4v) is 4.00. The van der Waals surface area contributed by atoms with Gasteiger partial charge in [0.1, 0.15) is 11.9 Å². The lowest BCUT2D eigenvalue weighted by Crippen LogP contribution is -2.50. The van der Waals surface area contributed by atoms with Crippen molar-refractivity contribution in [2.24, 2.45) is 0 Å². The third-order valence-corrected chi connectivity index (χ3v) is 5.63. The molecule has 0 saturated carbocycles. The maximum atomic E-state index is 13.5. The van der Waals surface area contributed by atoms with Gasteiger partial charge in [0.25, 0.3) is 0 Å². The Labute approximate surface area is 196 Å². The van der Waals surface area contributed by atoms with Crippen molar-refractivity contribution in [1.29, 1.82) is 0 Å². The first-order valence-corrected chi connectivity index (χ1v) is 11.4. The van der Waals surface area contributed by atoms with Gasteiger partial charge in [-0.2, -0.15) is 0 Å². The first-order chi connectivity index (χ1) is 15.5. The first-order valence-electron chi connectivity index (χ1n) is 10.6. The van der Waals surface area contributed by atoms with Crippen LogP contribution in [0.3, 0.4) is 0 Å². The van der Waals surface area contributed by atoms with E-state index in [0.717, 1.165) is 15.6 Å². The van der Waals surface area contributed by atoms with Gasteiger partial charge in [-0.05, 0) is 47.9 Å². The molecule has 0 aliphatic heterocycles. The van der Waals surface area contributed by atoms with E-state index < -0.39 is 6.04 Å². The van der Waals surface area contributed by atoms with E-state index in [2.05, 4.69) is 21.2 Å². The molecule has 3 aromatic rings. The molecule has 0 aliphatic rings. The molecule has 3 aromatic carbocycles. The van der Waals surface area contributed by atoms with E-state index in [1.807, 2.05) is 61.5 Å². The van der Waals surface area contributed by atoms with Gasteiger partial charge >= 0.3 is 0 Å². The quantitative estimate of drug-likeness (QED) is 0.457. The van der Waals surface area contributed by atoms with E-state index in [-0.39, 0.29) is 30.6 Å². The average molecular weight is 497 g/mol. The van der Waals surface area contributed by atoms with Gasteiger partial charge in [0.15, 0.2) is 0 Å². The van der Waals surface area contributed by atoms with E-state index in [1.54, 1.807) is 17.0 Å². The number of rotatable bonds is 9. The Morgan fingerprint density at radius 1 is 0.938 bits per heavy atom. The number of nitrogens with one attached hydrogen (secondary N) is 1. The highest BCUT2D eigenvalue weighted by atomic mass is 79.9. The number of benzene rings is 3. The summed E-state index contributed by atoms with van der Waals surface area (Å²) in [7, 11) is 0. The molecule has 3 rings (SSSR count). The van der Waals surface area contributed by atoms with E-state index in [9.17, 15) is 14.0 Å². The van der Waals surface area contributed by atoms with Crippen LogP contribution in [0.4, 0.5) is 4.39 Å². The van der Waals surface area contributed by atoms with Crippen LogP contribution in [0.5, 0.6) is 0 Å². The molecule has 0 saturated heterocycles. The van der Waals surface area contributed by atoms with E-state index in [1.165, 1.54) is 12.1 Å². The summed E-state index contributed by atoms with van der Waals surface area (Å²) in [5.41, 5.74) is 2.58. The van der Waals surface area contributed by atoms with Gasteiger partial charge in [-0.15, -0.1) is 0 Å². The van der Waals surface area contributed by atoms with Crippen LogP contribution in [0, 0.1) is 5.82 Å². The molecule has 0 radical (unpaired) electrons. The molecule has 0 heterocycles. The summed E-state index contributed by atoms with van der Waals surface area (Å²) in [6.45, 7) is 2.62. The van der Waals surface area contributed by atoms with Gasteiger partial charge in [0.2, 0.25) is 11.8 Å². The molecule has 6 heteroatoms. The third-order valence-electron chi connectivity index (χ3n) is 5.13. The monoisotopic (exact) mass is 496 g/mol. The highest BCUT2D eigenvalue weighted by molar-refractivity contribution is 9.10. The largest absolute Gasteiger partial charge is 0.355 e. The van der Waals surface area contributed by atoms with Crippen molar-refractivity contribution < 1.29 is 14.0 Å². The lowest BCUT2D eigenvalue weighted by Gasteiger charge is -2.31. The molecule has 0 aromatic heterocycles. The number of carbonyl (C=O) groups excluding carboxylic acids is 2. The van der Waals surface area contributed by atoms with Crippen molar-refractivity contribution in [1.82, 2.24) is 10.2 Å². The summed E-state index contributed by atoms with van der Waals surface area (Å²) in [4.78, 5) is 28.2. The predicted octanol–water partition coefficient (Wildman–Crippen LogP) is 4.91. The molecule has 0 spiro atoms. The lowest BCUT2D eigenvalue weighted by atomic mass is 10.0. The maximum Gasteiger partial charge on any atom is 0.243 e. The molecule has 1 N–H and O–H groups in total. The lowest BCUT2D eigenvalue weighted by molar-refractivity contribution is -0.140. The van der Waals surface area contributed by atoms with Crippen molar-refractivity contribution in [2.75, 3.05) is 6.54 Å². The molecular weight excluding hydrogens is 471 g/mol. The minimum absolute atomic E-state index is 0.0823. The molecule has 1 atom stereocenters. The van der Waals surface area contributed by atoms with Crippen molar-refractivity contribution in [3.8, 4) is 0 Å². The number of nitrogens with zero attached hydrogens (tertiary/aromatic N) is 1. The second-order valence-corrected chi connectivity index (χ2v) is 8.47. The average Bonchev–Trinajstić information content (AvgIpc) is 2.78. The third kappa shape index (κ3) is 6.76. The summed E-state index contributed by atoms with van der Waals surface area (Å²) in [5.74, 6) is -0.737. The van der Waals surface area contributed by atoms with Gasteiger partial charge < -0.3 is 10.2 Å². The summed E-state index contributed by atoms with van der Waals surface area (Å²) in [6.07, 6.45) is 0.481. The van der Waals surface area contributed by atoms with E-state index in [4.69, 9.17) is 0 Å². The molecule has 166 valence electrons. The van der Waals surface area contributed by atoms with Crippen LogP contribution in [0.2, 0.25) is 0 Å². The molecule has 0 aliphatic carbocycles. The van der Waals surface area contributed by atoms with Crippen LogP contribution in [0.15, 0.2) is 83.3 Å². The van der Waals surface area contributed by atoms with Crippen LogP contribution in [0.25, 0.3) is 0 Å². The second-order valence-electron chi connectivity index (χ2n) is 7.55. The van der Waals surface area contributed by atoms with Gasteiger partial charge in [-0.1, -0.05) is 70.5 Å². The number of hydrogen-bond acceptors (Lipinski definition) is 2. The SMILES string of the molecule is CCNC(=O)[C@@H](Cc1ccccc1)N(Cc1cccc(Br)c1)C(=O)Cc1ccc(F)cc1. The summed E-state index contributed by atoms with van der Waals surface area (Å²) < 4.78 is 14.2. The normalized spacial score (nSPS) is 11.6. The number of hydrogen-bond donors (Lipinski definition) is 1. The Balaban J connectivity index is 1.94. The van der Waals surface area contributed by atoms with Crippen LogP contribution in [-0.2, 0) is 29.0 Å². The van der Waals surface area contributed by atoms with Gasteiger partial charge in [-0.25, -0.2) is 4.39 Å². The molecule has 0 bridgehead atoms. The zero-order chi connectivity index (χ0) is 22.9. The first kappa shape index (κ1) is 23.7. The van der Waals surface area contributed by atoms with Crippen molar-refractivity contribution in [2.45, 2.75) is 32.4 Å². The topological polar surface area (TPSA) is 49.4 Å². The zero-order valence-corrected chi connectivity index (χ0v) is 19.5. The van der Waals surface area contributed by atoms with Gasteiger partial charge in [0.05, 0.1) is 6.42 Å². The van der Waals surface area contributed by atoms with E-state index in [0.29, 0.717) is 18.5 Å². The van der Waals surface area contributed by atoms with E-state index >= 15 is 0 Å². The predicted molar refractivity (Wildman–Crippen MR) is 127 cm³/mol. The smallest absolute Gasteiger partial charge is 0.243 e. The van der Waals surface area contributed by atoms with Gasteiger partial charge in [0, 0.05) is 24.0 Å².